The molecule has 47 heavy (non-hydrogen) atoms. The lowest BCUT2D eigenvalue weighted by Crippen LogP contribution is -2.55. The summed E-state index contributed by atoms with van der Waals surface area (Å²) < 4.78 is 29.7. The van der Waals surface area contributed by atoms with Crippen LogP contribution in [0.15, 0.2) is 108 Å². The Balaban J connectivity index is 1.56. The second-order valence-electron chi connectivity index (χ2n) is 12.7. The molecule has 8 heteroatoms. The minimum Gasteiger partial charge on any atom is -0.352 e. The molecule has 2 amide bonds. The third-order valence-corrected chi connectivity index (χ3v) is 10.7. The number of nitrogens with one attached hydrogen (secondary N) is 1. The van der Waals surface area contributed by atoms with Crippen molar-refractivity contribution >= 4 is 27.5 Å². The molecule has 246 valence electrons. The molecular weight excluding hydrogens is 607 g/mol. The van der Waals surface area contributed by atoms with E-state index in [1.54, 1.807) is 47.4 Å². The molecule has 1 aliphatic carbocycles. The highest BCUT2D eigenvalue weighted by molar-refractivity contribution is 7.92. The highest BCUT2D eigenvalue weighted by Crippen LogP contribution is 2.26. The molecule has 0 saturated heterocycles. The summed E-state index contributed by atoms with van der Waals surface area (Å²) in [5, 5.41) is 3.26. The third kappa shape index (κ3) is 8.89. The second kappa shape index (κ2) is 15.4. The minimum atomic E-state index is -4.14. The molecule has 0 heterocycles. The third-order valence-electron chi connectivity index (χ3n) is 8.87. The molecule has 0 radical (unpaired) electrons. The standard InChI is InChI=1S/C39H45N3O4S/c1-29-17-21-33(22-18-29)27-41(37(26-32-12-6-4-7-13-32)39(44)40-34-14-8-5-9-15-34)38(43)28-42(35-16-10-11-31(3)25-35)47(45,46)36-23-19-30(2)20-24-36/h4,6-7,10-13,16-25,34,37H,5,8-9,14-15,26-28H2,1-3H3,(H,40,44). The Morgan fingerprint density at radius 3 is 2.02 bits per heavy atom. The van der Waals surface area contributed by atoms with Crippen molar-refractivity contribution in [3.8, 4) is 0 Å². The molecule has 7 nitrogen and oxygen atoms in total. The van der Waals surface area contributed by atoms with Crippen molar-refractivity contribution < 1.29 is 18.0 Å². The van der Waals surface area contributed by atoms with Gasteiger partial charge in [0, 0.05) is 19.0 Å². The molecule has 0 spiro atoms. The van der Waals surface area contributed by atoms with Crippen molar-refractivity contribution in [2.24, 2.45) is 0 Å². The van der Waals surface area contributed by atoms with Gasteiger partial charge in [0.1, 0.15) is 12.6 Å². The van der Waals surface area contributed by atoms with E-state index in [0.717, 1.165) is 59.9 Å². The zero-order valence-corrected chi connectivity index (χ0v) is 28.4. The summed E-state index contributed by atoms with van der Waals surface area (Å²) in [5.74, 6) is -0.674. The largest absolute Gasteiger partial charge is 0.352 e. The fourth-order valence-corrected chi connectivity index (χ4v) is 7.54. The number of amides is 2. The summed E-state index contributed by atoms with van der Waals surface area (Å²) in [7, 11) is -4.14. The predicted molar refractivity (Wildman–Crippen MR) is 188 cm³/mol. The van der Waals surface area contributed by atoms with Crippen LogP contribution < -0.4 is 9.62 Å². The summed E-state index contributed by atoms with van der Waals surface area (Å²) in [6.45, 7) is 5.47. The second-order valence-corrected chi connectivity index (χ2v) is 14.6. The molecule has 1 N–H and O–H groups in total. The smallest absolute Gasteiger partial charge is 0.264 e. The summed E-state index contributed by atoms with van der Waals surface area (Å²) >= 11 is 0. The number of benzene rings is 4. The van der Waals surface area contributed by atoms with E-state index in [1.807, 2.05) is 81.4 Å². The maximum Gasteiger partial charge on any atom is 0.264 e. The van der Waals surface area contributed by atoms with E-state index in [2.05, 4.69) is 5.32 Å². The Kier molecular flexibility index (Phi) is 11.1. The van der Waals surface area contributed by atoms with Gasteiger partial charge in [0.25, 0.3) is 10.0 Å². The van der Waals surface area contributed by atoms with Gasteiger partial charge in [0.15, 0.2) is 0 Å². The normalized spacial score (nSPS) is 14.3. The van der Waals surface area contributed by atoms with E-state index in [-0.39, 0.29) is 23.4 Å². The molecule has 0 aromatic heterocycles. The van der Waals surface area contributed by atoms with Crippen LogP contribution in [0.1, 0.15) is 59.9 Å². The number of rotatable bonds is 12. The van der Waals surface area contributed by atoms with Crippen molar-refractivity contribution in [2.45, 2.75) is 82.8 Å². The van der Waals surface area contributed by atoms with Crippen molar-refractivity contribution in [1.82, 2.24) is 10.2 Å². The average Bonchev–Trinajstić information content (AvgIpc) is 3.07. The van der Waals surface area contributed by atoms with Gasteiger partial charge in [-0.25, -0.2) is 8.42 Å². The van der Waals surface area contributed by atoms with Gasteiger partial charge in [-0.1, -0.05) is 109 Å². The zero-order valence-electron chi connectivity index (χ0n) is 27.6. The summed E-state index contributed by atoms with van der Waals surface area (Å²) in [5.41, 5.74) is 5.04. The van der Waals surface area contributed by atoms with Crippen molar-refractivity contribution in [3.05, 3.63) is 131 Å². The molecule has 1 fully saturated rings. The Labute approximate surface area is 279 Å². The van der Waals surface area contributed by atoms with Gasteiger partial charge in [-0.15, -0.1) is 0 Å². The van der Waals surface area contributed by atoms with Crippen LogP contribution in [0.5, 0.6) is 0 Å². The Morgan fingerprint density at radius 2 is 1.38 bits per heavy atom. The lowest BCUT2D eigenvalue weighted by Gasteiger charge is -2.35. The van der Waals surface area contributed by atoms with Gasteiger partial charge in [0.2, 0.25) is 11.8 Å². The topological polar surface area (TPSA) is 86.8 Å². The van der Waals surface area contributed by atoms with Crippen LogP contribution in [0.25, 0.3) is 0 Å². The van der Waals surface area contributed by atoms with Crippen LogP contribution in [0.2, 0.25) is 0 Å². The van der Waals surface area contributed by atoms with E-state index < -0.39 is 28.5 Å². The fraction of sp³-hybridized carbons (Fsp3) is 0.333. The first-order valence-electron chi connectivity index (χ1n) is 16.5. The number of carbonyl (C=O) groups is 2. The Bertz CT molecular complexity index is 1750. The molecule has 0 bridgehead atoms. The number of sulfonamides is 1. The first-order valence-corrected chi connectivity index (χ1v) is 17.9. The van der Waals surface area contributed by atoms with Crippen molar-refractivity contribution in [2.75, 3.05) is 10.8 Å². The summed E-state index contributed by atoms with van der Waals surface area (Å²) in [4.78, 5) is 30.6. The van der Waals surface area contributed by atoms with Gasteiger partial charge in [-0.2, -0.15) is 0 Å². The van der Waals surface area contributed by atoms with E-state index in [9.17, 15) is 18.0 Å². The van der Waals surface area contributed by atoms with Crippen molar-refractivity contribution in [3.63, 3.8) is 0 Å². The van der Waals surface area contributed by atoms with E-state index >= 15 is 0 Å². The molecule has 0 aliphatic heterocycles. The lowest BCUT2D eigenvalue weighted by molar-refractivity contribution is -0.140. The quantitative estimate of drug-likeness (QED) is 0.181. The van der Waals surface area contributed by atoms with E-state index in [4.69, 9.17) is 0 Å². The first-order chi connectivity index (χ1) is 22.6. The SMILES string of the molecule is Cc1ccc(CN(C(=O)CN(c2cccc(C)c2)S(=O)(=O)c2ccc(C)cc2)C(Cc2ccccc2)C(=O)NC2CCCCC2)cc1. The van der Waals surface area contributed by atoms with Crippen LogP contribution >= 0.6 is 0 Å². The molecule has 1 saturated carbocycles. The van der Waals surface area contributed by atoms with Gasteiger partial charge in [0.05, 0.1) is 10.6 Å². The molecule has 5 rings (SSSR count). The van der Waals surface area contributed by atoms with E-state index in [1.165, 1.54) is 4.31 Å². The number of nitrogens with zero attached hydrogens (tertiary/aromatic N) is 2. The Morgan fingerprint density at radius 1 is 0.745 bits per heavy atom. The molecular formula is C39H45N3O4S. The maximum atomic E-state index is 14.7. The molecule has 1 unspecified atom stereocenters. The van der Waals surface area contributed by atoms with Crippen LogP contribution in [-0.2, 0) is 32.6 Å². The highest BCUT2D eigenvalue weighted by atomic mass is 32.2. The maximum absolute atomic E-state index is 14.7. The number of hydrogen-bond acceptors (Lipinski definition) is 4. The molecule has 4 aromatic rings. The first kappa shape index (κ1) is 33.9. The van der Waals surface area contributed by atoms with Gasteiger partial charge in [-0.05, 0) is 74.6 Å². The molecule has 1 atom stereocenters. The molecule has 4 aromatic carbocycles. The fourth-order valence-electron chi connectivity index (χ4n) is 6.14. The monoisotopic (exact) mass is 651 g/mol. The molecule has 1 aliphatic rings. The summed E-state index contributed by atoms with van der Waals surface area (Å²) in [6, 6.07) is 30.5. The average molecular weight is 652 g/mol. The summed E-state index contributed by atoms with van der Waals surface area (Å²) in [6.07, 6.45) is 5.39. The number of aryl methyl sites for hydroxylation is 3. The number of hydrogen-bond donors (Lipinski definition) is 1. The van der Waals surface area contributed by atoms with E-state index in [0.29, 0.717) is 12.1 Å². The van der Waals surface area contributed by atoms with Gasteiger partial charge >= 0.3 is 0 Å². The van der Waals surface area contributed by atoms with Crippen LogP contribution in [-0.4, -0.2) is 43.8 Å². The number of anilines is 1. The number of carbonyl (C=O) groups excluding carboxylic acids is 2. The zero-order chi connectivity index (χ0) is 33.4. The van der Waals surface area contributed by atoms with Gasteiger partial charge < -0.3 is 10.2 Å². The highest BCUT2D eigenvalue weighted by Gasteiger charge is 2.35. The van der Waals surface area contributed by atoms with Crippen molar-refractivity contribution in [1.29, 1.82) is 0 Å². The minimum absolute atomic E-state index is 0.0524. The van der Waals surface area contributed by atoms with Crippen LogP contribution in [0.3, 0.4) is 0 Å². The Hall–Kier alpha value is -4.43. The van der Waals surface area contributed by atoms with Gasteiger partial charge in [-0.3, -0.25) is 13.9 Å². The lowest BCUT2D eigenvalue weighted by atomic mass is 9.94. The predicted octanol–water partition coefficient (Wildman–Crippen LogP) is 6.90. The van der Waals surface area contributed by atoms with Crippen LogP contribution in [0.4, 0.5) is 5.69 Å². The van der Waals surface area contributed by atoms with Crippen LogP contribution in [0, 0.1) is 20.8 Å².